The lowest BCUT2D eigenvalue weighted by Gasteiger charge is -2.23. The number of amides is 1. The molecule has 0 unspecified atom stereocenters. The number of aromatic nitrogens is 2. The van der Waals surface area contributed by atoms with E-state index in [1.807, 2.05) is 38.1 Å². The topological polar surface area (TPSA) is 175 Å². The summed E-state index contributed by atoms with van der Waals surface area (Å²) in [7, 11) is 1.98. The van der Waals surface area contributed by atoms with Crippen molar-refractivity contribution < 1.29 is 14.4 Å². The second kappa shape index (κ2) is 9.92. The molecule has 3 rings (SSSR count). The van der Waals surface area contributed by atoms with Crippen molar-refractivity contribution in [3.05, 3.63) is 49.8 Å². The second-order valence-electron chi connectivity index (χ2n) is 6.81. The molecule has 0 saturated heterocycles. The number of anilines is 3. The van der Waals surface area contributed by atoms with Crippen LogP contribution in [0.15, 0.2) is 23.4 Å². The molecular formula is C20H23N8O3. The Morgan fingerprint density at radius 3 is 2.61 bits per heavy atom. The van der Waals surface area contributed by atoms with Gasteiger partial charge in [0.15, 0.2) is 0 Å². The van der Waals surface area contributed by atoms with Gasteiger partial charge in [0.25, 0.3) is 0 Å². The molecule has 1 aliphatic rings. The summed E-state index contributed by atoms with van der Waals surface area (Å²) >= 11 is 0. The first kappa shape index (κ1) is 22.1. The lowest BCUT2D eigenvalue weighted by molar-refractivity contribution is -0.144. The normalized spacial score (nSPS) is 13.7. The number of nitrogens with one attached hydrogen (secondary N) is 1. The molecule has 1 amide bonds. The summed E-state index contributed by atoms with van der Waals surface area (Å²) in [5, 5.41) is 6.31. The Hall–Kier alpha value is -3.63. The number of hydrogen-bond acceptors (Lipinski definition) is 8. The fourth-order valence-electron chi connectivity index (χ4n) is 2.87. The number of fused-ring (bicyclic) bond motifs is 1. The van der Waals surface area contributed by atoms with Crippen LogP contribution in [0.2, 0.25) is 0 Å². The van der Waals surface area contributed by atoms with Crippen LogP contribution in [0.1, 0.15) is 12.8 Å². The smallest absolute Gasteiger partial charge is 0.335 e. The number of carbonyl (C=O) groups excluding carboxylic acids is 2. The summed E-state index contributed by atoms with van der Waals surface area (Å²) < 4.78 is 0. The van der Waals surface area contributed by atoms with E-state index < -0.39 is 17.8 Å². The molecule has 2 aromatic rings. The van der Waals surface area contributed by atoms with Crippen molar-refractivity contribution in [1.82, 2.24) is 9.97 Å². The van der Waals surface area contributed by atoms with E-state index in [2.05, 4.69) is 43.0 Å². The fourth-order valence-corrected chi connectivity index (χ4v) is 2.87. The van der Waals surface area contributed by atoms with Crippen LogP contribution in [0, 0.1) is 31.6 Å². The number of rotatable bonds is 8. The summed E-state index contributed by atoms with van der Waals surface area (Å²) in [5.41, 5.74) is 17.7. The van der Waals surface area contributed by atoms with Gasteiger partial charge in [-0.1, -0.05) is 0 Å². The molecule has 11 heteroatoms. The van der Waals surface area contributed by atoms with Gasteiger partial charge in [-0.2, -0.15) is 4.98 Å². The van der Waals surface area contributed by atoms with Crippen molar-refractivity contribution in [3.8, 4) is 0 Å². The zero-order chi connectivity index (χ0) is 22.4. The van der Waals surface area contributed by atoms with E-state index in [-0.39, 0.29) is 24.6 Å². The second-order valence-corrected chi connectivity index (χ2v) is 6.81. The molecule has 7 N–H and O–H groups in total. The summed E-state index contributed by atoms with van der Waals surface area (Å²) in [6, 6.07) is 5.63. The standard InChI is InChI=1S/C20H23N8O3/c1-28(11-12-4-2-3-5-12)13-6-7-15-14(10-13)18(21)26-20(24-15)25-16(29)8-9-17(30)31-27-19(22)23/h2-7,10H,8-9,11H2,1H3,(H4,22,23,27)(H3,21,24,25,26,29). The molecule has 0 bridgehead atoms. The Morgan fingerprint density at radius 1 is 1.16 bits per heavy atom. The van der Waals surface area contributed by atoms with E-state index in [9.17, 15) is 9.59 Å². The molecule has 0 aliphatic heterocycles. The van der Waals surface area contributed by atoms with Gasteiger partial charge in [0.2, 0.25) is 17.8 Å². The average Bonchev–Trinajstić information content (AvgIpc) is 3.23. The highest BCUT2D eigenvalue weighted by atomic mass is 16.7. The third-order valence-electron chi connectivity index (χ3n) is 4.36. The summed E-state index contributed by atoms with van der Waals surface area (Å²) in [4.78, 5) is 38.5. The Balaban J connectivity index is 1.63. The van der Waals surface area contributed by atoms with E-state index >= 15 is 0 Å². The van der Waals surface area contributed by atoms with Gasteiger partial charge in [-0.05, 0) is 49.0 Å². The van der Waals surface area contributed by atoms with Crippen molar-refractivity contribution >= 4 is 46.2 Å². The molecule has 1 fully saturated rings. The number of guanidine groups is 1. The van der Waals surface area contributed by atoms with Gasteiger partial charge in [0.1, 0.15) is 5.82 Å². The van der Waals surface area contributed by atoms with Gasteiger partial charge < -0.3 is 26.9 Å². The van der Waals surface area contributed by atoms with Crippen LogP contribution in [-0.2, 0) is 14.4 Å². The molecule has 1 aromatic heterocycles. The van der Waals surface area contributed by atoms with E-state index in [1.165, 1.54) is 5.92 Å². The average molecular weight is 423 g/mol. The highest BCUT2D eigenvalue weighted by Crippen LogP contribution is 2.28. The molecule has 5 radical (unpaired) electrons. The molecule has 11 nitrogen and oxygen atoms in total. The number of carbonyl (C=O) groups is 2. The molecular weight excluding hydrogens is 400 g/mol. The van der Waals surface area contributed by atoms with Crippen LogP contribution in [0.5, 0.6) is 0 Å². The van der Waals surface area contributed by atoms with E-state index in [1.54, 1.807) is 0 Å². The van der Waals surface area contributed by atoms with Crippen molar-refractivity contribution in [2.75, 3.05) is 29.5 Å². The predicted octanol–water partition coefficient (Wildman–Crippen LogP) is 0.504. The lowest BCUT2D eigenvalue weighted by Crippen LogP contribution is -2.23. The number of nitrogens with two attached hydrogens (primary N) is 3. The zero-order valence-corrected chi connectivity index (χ0v) is 16.9. The van der Waals surface area contributed by atoms with Gasteiger partial charge in [-0.3, -0.25) is 10.1 Å². The third-order valence-corrected chi connectivity index (χ3v) is 4.36. The Labute approximate surface area is 180 Å². The zero-order valence-electron chi connectivity index (χ0n) is 16.9. The van der Waals surface area contributed by atoms with E-state index in [0.717, 1.165) is 12.2 Å². The summed E-state index contributed by atoms with van der Waals surface area (Å²) in [5.74, 6) is -0.140. The molecule has 0 spiro atoms. The summed E-state index contributed by atoms with van der Waals surface area (Å²) in [6.45, 7) is 0.749. The van der Waals surface area contributed by atoms with Crippen LogP contribution < -0.4 is 27.4 Å². The number of nitrogens with zero attached hydrogens (tertiary/aromatic N) is 4. The van der Waals surface area contributed by atoms with Crippen LogP contribution >= 0.6 is 0 Å². The monoisotopic (exact) mass is 423 g/mol. The van der Waals surface area contributed by atoms with Crippen LogP contribution in [-0.4, -0.2) is 41.4 Å². The van der Waals surface area contributed by atoms with Crippen molar-refractivity contribution in [3.63, 3.8) is 0 Å². The minimum Gasteiger partial charge on any atom is -0.383 e. The number of hydrogen-bond donors (Lipinski definition) is 4. The Kier molecular flexibility index (Phi) is 7.06. The molecule has 161 valence electrons. The molecule has 1 heterocycles. The molecule has 1 aromatic carbocycles. The summed E-state index contributed by atoms with van der Waals surface area (Å²) in [6.07, 6.45) is 7.74. The highest BCUT2D eigenvalue weighted by Gasteiger charge is 2.19. The maximum atomic E-state index is 12.1. The van der Waals surface area contributed by atoms with Gasteiger partial charge in [0, 0.05) is 37.0 Å². The predicted molar refractivity (Wildman–Crippen MR) is 117 cm³/mol. The van der Waals surface area contributed by atoms with Gasteiger partial charge in [0.05, 0.1) is 11.9 Å². The highest BCUT2D eigenvalue weighted by molar-refractivity contribution is 5.95. The van der Waals surface area contributed by atoms with E-state index in [4.69, 9.17) is 17.2 Å². The Bertz CT molecular complexity index is 984. The fraction of sp³-hybridized carbons (Fsp3) is 0.200. The minimum atomic E-state index is -0.749. The number of benzene rings is 1. The number of nitrogen functional groups attached to an aromatic ring is 1. The molecule has 31 heavy (non-hydrogen) atoms. The minimum absolute atomic E-state index is 0.0467. The maximum absolute atomic E-state index is 12.1. The molecule has 0 atom stereocenters. The molecule has 1 saturated carbocycles. The largest absolute Gasteiger partial charge is 0.383 e. The van der Waals surface area contributed by atoms with Crippen LogP contribution in [0.25, 0.3) is 10.9 Å². The maximum Gasteiger partial charge on any atom is 0.335 e. The van der Waals surface area contributed by atoms with E-state index in [0.29, 0.717) is 10.9 Å². The number of oxime groups is 1. The quantitative estimate of drug-likeness (QED) is 0.204. The first-order valence-corrected chi connectivity index (χ1v) is 9.39. The van der Waals surface area contributed by atoms with Crippen molar-refractivity contribution in [2.45, 2.75) is 12.8 Å². The van der Waals surface area contributed by atoms with Crippen LogP contribution in [0.4, 0.5) is 17.5 Å². The lowest BCUT2D eigenvalue weighted by atomic mass is 10.1. The third kappa shape index (κ3) is 6.17. The first-order valence-electron chi connectivity index (χ1n) is 9.39. The van der Waals surface area contributed by atoms with Crippen molar-refractivity contribution in [2.24, 2.45) is 16.6 Å². The van der Waals surface area contributed by atoms with Crippen molar-refractivity contribution in [1.29, 1.82) is 0 Å². The van der Waals surface area contributed by atoms with Gasteiger partial charge in [-0.25, -0.2) is 9.78 Å². The first-order chi connectivity index (χ1) is 14.8. The Morgan fingerprint density at radius 2 is 1.90 bits per heavy atom. The van der Waals surface area contributed by atoms with Gasteiger partial charge in [-0.15, -0.1) is 0 Å². The van der Waals surface area contributed by atoms with Gasteiger partial charge >= 0.3 is 5.97 Å². The van der Waals surface area contributed by atoms with Crippen LogP contribution in [0.3, 0.4) is 0 Å². The molecule has 1 aliphatic carbocycles. The SMILES string of the molecule is CN(C[C]1[CH][CH][CH][CH]1)c1ccc2nc(NC(=O)CCC(=O)ON=C(N)N)nc(N)c2c1.